The Kier molecular flexibility index (Phi) is 4.24. The minimum Gasteiger partial charge on any atom is -0.494 e. The summed E-state index contributed by atoms with van der Waals surface area (Å²) >= 11 is 5.50. The van der Waals surface area contributed by atoms with E-state index in [0.717, 1.165) is 5.75 Å². The fourth-order valence-electron chi connectivity index (χ4n) is 1.71. The first-order valence-electron chi connectivity index (χ1n) is 5.62. The first-order chi connectivity index (χ1) is 8.22. The maximum Gasteiger partial charge on any atom is 0.119 e. The van der Waals surface area contributed by atoms with Crippen molar-refractivity contribution >= 4 is 27.3 Å². The normalized spacial score (nSPS) is 12.4. The van der Waals surface area contributed by atoms with Crippen LogP contribution in [0, 0.1) is 6.92 Å². The highest BCUT2D eigenvalue weighted by Crippen LogP contribution is 2.35. The molecule has 1 atom stereocenters. The monoisotopic (exact) mass is 310 g/mol. The molecule has 0 amide bonds. The molecule has 0 aliphatic rings. The Morgan fingerprint density at radius 3 is 2.47 bits per heavy atom. The zero-order chi connectivity index (χ0) is 12.3. The lowest BCUT2D eigenvalue weighted by atomic mass is 10.0. The molecular formula is C14H15BrOS. The number of thiophene rings is 1. The highest BCUT2D eigenvalue weighted by atomic mass is 79.9. The number of hydrogen-bond donors (Lipinski definition) is 0. The van der Waals surface area contributed by atoms with Gasteiger partial charge < -0.3 is 4.74 Å². The molecule has 3 heteroatoms. The maximum absolute atomic E-state index is 5.44. The van der Waals surface area contributed by atoms with E-state index in [2.05, 4.69) is 45.7 Å². The van der Waals surface area contributed by atoms with Gasteiger partial charge in [-0.15, -0.1) is 0 Å². The molecule has 0 bridgehead atoms. The Labute approximate surface area is 115 Å². The van der Waals surface area contributed by atoms with Gasteiger partial charge in [0.2, 0.25) is 0 Å². The summed E-state index contributed by atoms with van der Waals surface area (Å²) < 4.78 is 5.44. The molecule has 17 heavy (non-hydrogen) atoms. The molecule has 1 unspecified atom stereocenters. The molecule has 0 saturated heterocycles. The summed E-state index contributed by atoms with van der Waals surface area (Å²) in [5.41, 5.74) is 3.94. The van der Waals surface area contributed by atoms with Crippen molar-refractivity contribution in [3.05, 3.63) is 51.7 Å². The molecule has 1 aromatic carbocycles. The Morgan fingerprint density at radius 1 is 1.24 bits per heavy atom. The smallest absolute Gasteiger partial charge is 0.119 e. The van der Waals surface area contributed by atoms with E-state index in [0.29, 0.717) is 6.61 Å². The van der Waals surface area contributed by atoms with Crippen LogP contribution in [0.15, 0.2) is 35.0 Å². The molecule has 1 nitrogen and oxygen atoms in total. The standard InChI is InChI=1S/C14H15BrOS/c1-3-16-12-6-4-11(5-7-12)14(15)13-9-17-8-10(13)2/h4-9,14H,3H2,1-2H3. The number of halogens is 1. The van der Waals surface area contributed by atoms with Gasteiger partial charge in [0.15, 0.2) is 0 Å². The summed E-state index contributed by atoms with van der Waals surface area (Å²) in [5, 5.41) is 4.38. The molecule has 0 saturated carbocycles. The van der Waals surface area contributed by atoms with Crippen molar-refractivity contribution in [2.75, 3.05) is 6.61 Å². The predicted octanol–water partition coefficient (Wildman–Crippen LogP) is 4.94. The fourth-order valence-corrected chi connectivity index (χ4v) is 3.56. The van der Waals surface area contributed by atoms with E-state index in [1.165, 1.54) is 16.7 Å². The van der Waals surface area contributed by atoms with Gasteiger partial charge in [-0.1, -0.05) is 28.1 Å². The van der Waals surface area contributed by atoms with Gasteiger partial charge in [-0.3, -0.25) is 0 Å². The molecule has 2 aromatic rings. The topological polar surface area (TPSA) is 9.23 Å². The van der Waals surface area contributed by atoms with E-state index < -0.39 is 0 Å². The van der Waals surface area contributed by atoms with Crippen LogP contribution in [0.2, 0.25) is 0 Å². The predicted molar refractivity (Wildman–Crippen MR) is 77.4 cm³/mol. The molecule has 0 radical (unpaired) electrons. The van der Waals surface area contributed by atoms with Crippen LogP contribution in [0.25, 0.3) is 0 Å². The third kappa shape index (κ3) is 2.90. The second-order valence-electron chi connectivity index (χ2n) is 3.87. The Bertz CT molecular complexity index is 475. The number of alkyl halides is 1. The summed E-state index contributed by atoms with van der Waals surface area (Å²) in [6.07, 6.45) is 0. The van der Waals surface area contributed by atoms with Crippen LogP contribution < -0.4 is 4.74 Å². The van der Waals surface area contributed by atoms with Gasteiger partial charge in [0.1, 0.15) is 5.75 Å². The zero-order valence-electron chi connectivity index (χ0n) is 9.94. The van der Waals surface area contributed by atoms with Crippen molar-refractivity contribution in [3.8, 4) is 5.75 Å². The average molecular weight is 311 g/mol. The van der Waals surface area contributed by atoms with E-state index in [9.17, 15) is 0 Å². The lowest BCUT2D eigenvalue weighted by Crippen LogP contribution is -1.94. The maximum atomic E-state index is 5.44. The average Bonchev–Trinajstić information content (AvgIpc) is 2.76. The number of hydrogen-bond acceptors (Lipinski definition) is 2. The molecule has 0 N–H and O–H groups in total. The van der Waals surface area contributed by atoms with Gasteiger partial charge in [0, 0.05) is 0 Å². The molecular weight excluding hydrogens is 296 g/mol. The summed E-state index contributed by atoms with van der Waals surface area (Å²) in [7, 11) is 0. The van der Waals surface area contributed by atoms with E-state index in [1.807, 2.05) is 19.1 Å². The van der Waals surface area contributed by atoms with E-state index >= 15 is 0 Å². The first kappa shape index (κ1) is 12.7. The number of rotatable bonds is 4. The minimum absolute atomic E-state index is 0.268. The van der Waals surface area contributed by atoms with Crippen LogP contribution in [0.3, 0.4) is 0 Å². The van der Waals surface area contributed by atoms with E-state index in [4.69, 9.17) is 4.74 Å². The second kappa shape index (κ2) is 5.69. The van der Waals surface area contributed by atoms with Crippen LogP contribution in [-0.2, 0) is 0 Å². The van der Waals surface area contributed by atoms with Crippen molar-refractivity contribution < 1.29 is 4.74 Å². The lowest BCUT2D eigenvalue weighted by Gasteiger charge is -2.11. The summed E-state index contributed by atoms with van der Waals surface area (Å²) in [6.45, 7) is 4.85. The van der Waals surface area contributed by atoms with Crippen LogP contribution >= 0.6 is 27.3 Å². The highest BCUT2D eigenvalue weighted by molar-refractivity contribution is 9.09. The lowest BCUT2D eigenvalue weighted by molar-refractivity contribution is 0.340. The zero-order valence-corrected chi connectivity index (χ0v) is 12.3. The van der Waals surface area contributed by atoms with Crippen LogP contribution in [-0.4, -0.2) is 6.61 Å². The molecule has 2 rings (SSSR count). The highest BCUT2D eigenvalue weighted by Gasteiger charge is 2.13. The van der Waals surface area contributed by atoms with Crippen molar-refractivity contribution in [2.45, 2.75) is 18.7 Å². The molecule has 90 valence electrons. The van der Waals surface area contributed by atoms with Crippen molar-refractivity contribution in [1.29, 1.82) is 0 Å². The van der Waals surface area contributed by atoms with Gasteiger partial charge >= 0.3 is 0 Å². The van der Waals surface area contributed by atoms with Crippen molar-refractivity contribution in [1.82, 2.24) is 0 Å². The SMILES string of the molecule is CCOc1ccc(C(Br)c2cscc2C)cc1. The van der Waals surface area contributed by atoms with Gasteiger partial charge in [-0.25, -0.2) is 0 Å². The van der Waals surface area contributed by atoms with E-state index in [-0.39, 0.29) is 4.83 Å². The Morgan fingerprint density at radius 2 is 1.94 bits per heavy atom. The Hall–Kier alpha value is -0.800. The summed E-state index contributed by atoms with van der Waals surface area (Å²) in [6, 6.07) is 8.27. The van der Waals surface area contributed by atoms with Gasteiger partial charge in [0.05, 0.1) is 11.4 Å². The number of aryl methyl sites for hydroxylation is 1. The molecule has 1 aromatic heterocycles. The van der Waals surface area contributed by atoms with E-state index in [1.54, 1.807) is 11.3 Å². The number of ether oxygens (including phenoxy) is 1. The van der Waals surface area contributed by atoms with Gasteiger partial charge in [-0.2, -0.15) is 11.3 Å². The molecule has 0 spiro atoms. The summed E-state index contributed by atoms with van der Waals surface area (Å²) in [5.74, 6) is 0.929. The molecule has 0 aliphatic carbocycles. The second-order valence-corrected chi connectivity index (χ2v) is 5.53. The van der Waals surface area contributed by atoms with Gasteiger partial charge in [0.25, 0.3) is 0 Å². The fraction of sp³-hybridized carbons (Fsp3) is 0.286. The first-order valence-corrected chi connectivity index (χ1v) is 7.47. The quantitative estimate of drug-likeness (QED) is 0.727. The van der Waals surface area contributed by atoms with Crippen molar-refractivity contribution in [3.63, 3.8) is 0 Å². The third-order valence-electron chi connectivity index (χ3n) is 2.65. The largest absolute Gasteiger partial charge is 0.494 e. The number of benzene rings is 1. The summed E-state index contributed by atoms with van der Waals surface area (Å²) in [4.78, 5) is 0.268. The third-order valence-corrected chi connectivity index (χ3v) is 4.55. The molecule has 1 heterocycles. The van der Waals surface area contributed by atoms with Crippen LogP contribution in [0.1, 0.15) is 28.4 Å². The van der Waals surface area contributed by atoms with Crippen LogP contribution in [0.5, 0.6) is 5.75 Å². The molecule has 0 fully saturated rings. The Balaban J connectivity index is 2.20. The van der Waals surface area contributed by atoms with Gasteiger partial charge in [-0.05, 0) is 53.4 Å². The van der Waals surface area contributed by atoms with Crippen LogP contribution in [0.4, 0.5) is 0 Å². The van der Waals surface area contributed by atoms with Crippen molar-refractivity contribution in [2.24, 2.45) is 0 Å². The minimum atomic E-state index is 0.268. The molecule has 0 aliphatic heterocycles.